The molecule has 0 saturated heterocycles. The topological polar surface area (TPSA) is 41.5 Å². The highest BCUT2D eigenvalue weighted by atomic mass is 19.2. The maximum absolute atomic E-state index is 13.6. The lowest BCUT2D eigenvalue weighted by Gasteiger charge is -2.19. The number of hydrogen-bond donors (Lipinski definition) is 1. The molecule has 2 unspecified atom stereocenters. The van der Waals surface area contributed by atoms with E-state index in [4.69, 9.17) is 0 Å². The Balaban J connectivity index is 1.65. The highest BCUT2D eigenvalue weighted by Crippen LogP contribution is 2.47. The predicted octanol–water partition coefficient (Wildman–Crippen LogP) is 4.93. The van der Waals surface area contributed by atoms with Crippen molar-refractivity contribution in [3.63, 3.8) is 0 Å². The first kappa shape index (κ1) is 21.0. The normalized spacial score (nSPS) is 18.9. The van der Waals surface area contributed by atoms with Crippen LogP contribution < -0.4 is 5.43 Å². The largest absolute Gasteiger partial charge is 0.273 e. The summed E-state index contributed by atoms with van der Waals surface area (Å²) in [6.07, 6.45) is 0.989. The average Bonchev–Trinajstić information content (AvgIpc) is 3.48. The monoisotopic (exact) mass is 410 g/mol. The molecule has 0 aliphatic heterocycles. The van der Waals surface area contributed by atoms with Crippen LogP contribution in [0.15, 0.2) is 29.4 Å². The predicted molar refractivity (Wildman–Crippen MR) is 98.0 cm³/mol. The number of rotatable bonds is 4. The van der Waals surface area contributed by atoms with E-state index in [0.29, 0.717) is 12.6 Å². The number of amides is 1. The second-order valence-electron chi connectivity index (χ2n) is 8.04. The molecule has 0 radical (unpaired) electrons. The number of hydrogen-bond acceptors (Lipinski definition) is 2. The van der Waals surface area contributed by atoms with Crippen LogP contribution in [0.4, 0.5) is 22.0 Å². The average molecular weight is 410 g/mol. The second-order valence-corrected chi connectivity index (χ2v) is 8.04. The Bertz CT molecular complexity index is 951. The Morgan fingerprint density at radius 3 is 2.00 bits per heavy atom. The lowest BCUT2D eigenvalue weighted by molar-refractivity contribution is -0.122. The van der Waals surface area contributed by atoms with E-state index in [0.717, 1.165) is 11.1 Å². The van der Waals surface area contributed by atoms with E-state index in [2.05, 4.69) is 31.3 Å². The van der Waals surface area contributed by atoms with Crippen molar-refractivity contribution >= 4 is 12.1 Å². The lowest BCUT2D eigenvalue weighted by Crippen LogP contribution is -2.20. The number of carbonyl (C=O) groups is 1. The lowest BCUT2D eigenvalue weighted by atomic mass is 9.86. The van der Waals surface area contributed by atoms with E-state index in [1.165, 1.54) is 0 Å². The Morgan fingerprint density at radius 1 is 0.966 bits per heavy atom. The van der Waals surface area contributed by atoms with Gasteiger partial charge in [0.1, 0.15) is 0 Å². The third-order valence-corrected chi connectivity index (χ3v) is 4.94. The maximum Gasteiger partial charge on any atom is 0.243 e. The van der Waals surface area contributed by atoms with Gasteiger partial charge in [-0.15, -0.1) is 0 Å². The first-order chi connectivity index (χ1) is 13.5. The quantitative estimate of drug-likeness (QED) is 0.251. The van der Waals surface area contributed by atoms with Gasteiger partial charge in [0.05, 0.1) is 11.8 Å². The summed E-state index contributed by atoms with van der Waals surface area (Å²) in [6, 6.07) is 7.92. The molecule has 0 bridgehead atoms. The summed E-state index contributed by atoms with van der Waals surface area (Å²) in [4.78, 5) is 12.1. The SMILES string of the molecule is CC(C)(C)c1ccc(C2CC2C(=O)N/N=C/c2c(F)c(F)c(F)c(F)c2F)cc1. The molecule has 29 heavy (non-hydrogen) atoms. The molecule has 3 nitrogen and oxygen atoms in total. The molecular weight excluding hydrogens is 391 g/mol. The molecule has 1 aliphatic carbocycles. The number of benzene rings is 2. The molecule has 0 spiro atoms. The van der Waals surface area contributed by atoms with Gasteiger partial charge in [-0.25, -0.2) is 27.4 Å². The molecule has 1 aliphatic rings. The van der Waals surface area contributed by atoms with E-state index in [1.54, 1.807) is 0 Å². The van der Waals surface area contributed by atoms with Crippen LogP contribution in [0.25, 0.3) is 0 Å². The van der Waals surface area contributed by atoms with Gasteiger partial charge in [-0.2, -0.15) is 5.10 Å². The minimum atomic E-state index is -2.25. The van der Waals surface area contributed by atoms with E-state index in [9.17, 15) is 26.7 Å². The van der Waals surface area contributed by atoms with Gasteiger partial charge in [-0.1, -0.05) is 45.0 Å². The Morgan fingerprint density at radius 2 is 1.48 bits per heavy atom. The molecule has 1 N–H and O–H groups in total. The first-order valence-corrected chi connectivity index (χ1v) is 8.97. The molecule has 0 heterocycles. The van der Waals surface area contributed by atoms with Crippen molar-refractivity contribution in [1.29, 1.82) is 0 Å². The fourth-order valence-corrected chi connectivity index (χ4v) is 3.06. The molecule has 8 heteroatoms. The van der Waals surface area contributed by atoms with Crippen molar-refractivity contribution in [2.45, 2.75) is 38.5 Å². The van der Waals surface area contributed by atoms with Crippen molar-refractivity contribution in [3.8, 4) is 0 Å². The Hall–Kier alpha value is -2.77. The van der Waals surface area contributed by atoms with Crippen molar-refractivity contribution in [3.05, 3.63) is 70.0 Å². The van der Waals surface area contributed by atoms with E-state index in [1.807, 2.05) is 24.3 Å². The summed E-state index contributed by atoms with van der Waals surface area (Å²) >= 11 is 0. The highest BCUT2D eigenvalue weighted by Gasteiger charge is 2.44. The smallest absolute Gasteiger partial charge is 0.243 e. The van der Waals surface area contributed by atoms with Crippen LogP contribution >= 0.6 is 0 Å². The summed E-state index contributed by atoms with van der Waals surface area (Å²) < 4.78 is 66.5. The van der Waals surface area contributed by atoms with Crippen molar-refractivity contribution in [1.82, 2.24) is 5.43 Å². The minimum Gasteiger partial charge on any atom is -0.273 e. The molecule has 1 fully saturated rings. The van der Waals surface area contributed by atoms with Gasteiger partial charge in [0.2, 0.25) is 11.7 Å². The fourth-order valence-electron chi connectivity index (χ4n) is 3.06. The number of carbonyl (C=O) groups excluding carboxylic acids is 1. The molecule has 2 atom stereocenters. The Kier molecular flexibility index (Phi) is 5.47. The second kappa shape index (κ2) is 7.57. The van der Waals surface area contributed by atoms with Gasteiger partial charge >= 0.3 is 0 Å². The molecular formula is C21H19F5N2O. The van der Waals surface area contributed by atoms with Crippen LogP contribution in [-0.2, 0) is 10.2 Å². The molecule has 154 valence electrons. The first-order valence-electron chi connectivity index (χ1n) is 8.97. The molecule has 0 aromatic heterocycles. The molecule has 1 amide bonds. The van der Waals surface area contributed by atoms with Crippen molar-refractivity contribution in [2.75, 3.05) is 0 Å². The summed E-state index contributed by atoms with van der Waals surface area (Å²) in [5, 5.41) is 3.35. The summed E-state index contributed by atoms with van der Waals surface area (Å²) in [6.45, 7) is 6.29. The van der Waals surface area contributed by atoms with Gasteiger partial charge in [-0.05, 0) is 28.9 Å². The van der Waals surface area contributed by atoms with Gasteiger partial charge in [0, 0.05) is 5.92 Å². The van der Waals surface area contributed by atoms with E-state index in [-0.39, 0.29) is 17.3 Å². The van der Waals surface area contributed by atoms with Crippen LogP contribution in [0.2, 0.25) is 0 Å². The molecule has 2 aromatic rings. The van der Waals surface area contributed by atoms with Crippen molar-refractivity contribution in [2.24, 2.45) is 11.0 Å². The van der Waals surface area contributed by atoms with Gasteiger partial charge in [0.15, 0.2) is 23.3 Å². The van der Waals surface area contributed by atoms with Crippen LogP contribution in [0, 0.1) is 35.0 Å². The van der Waals surface area contributed by atoms with Crippen molar-refractivity contribution < 1.29 is 26.7 Å². The zero-order chi connectivity index (χ0) is 21.5. The van der Waals surface area contributed by atoms with Crippen LogP contribution in [-0.4, -0.2) is 12.1 Å². The van der Waals surface area contributed by atoms with Crippen LogP contribution in [0.3, 0.4) is 0 Å². The number of nitrogens with one attached hydrogen (secondary N) is 1. The number of hydrazone groups is 1. The van der Waals surface area contributed by atoms with Crippen LogP contribution in [0.5, 0.6) is 0 Å². The van der Waals surface area contributed by atoms with E-state index < -0.39 is 40.6 Å². The molecule has 2 aromatic carbocycles. The maximum atomic E-state index is 13.6. The molecule has 3 rings (SSSR count). The summed E-state index contributed by atoms with van der Waals surface area (Å²) in [7, 11) is 0. The molecule has 1 saturated carbocycles. The summed E-state index contributed by atoms with van der Waals surface area (Å²) in [5.41, 5.74) is 3.04. The van der Waals surface area contributed by atoms with Gasteiger partial charge < -0.3 is 0 Å². The number of halogens is 5. The minimum absolute atomic E-state index is 0.00611. The standard InChI is InChI=1S/C21H19F5N2O/c1-21(2,3)11-6-4-10(5-7-11)12-8-13(12)20(29)28-27-9-14-15(22)17(24)19(26)18(25)16(14)23/h4-7,9,12-13H,8H2,1-3H3,(H,28,29)/b27-9+. The van der Waals surface area contributed by atoms with Gasteiger partial charge in [0.25, 0.3) is 0 Å². The third-order valence-electron chi connectivity index (χ3n) is 4.94. The highest BCUT2D eigenvalue weighted by molar-refractivity contribution is 5.85. The zero-order valence-electron chi connectivity index (χ0n) is 16.0. The summed E-state index contributed by atoms with van der Waals surface area (Å²) in [5.74, 6) is -11.3. The van der Waals surface area contributed by atoms with Crippen LogP contribution in [0.1, 0.15) is 49.8 Å². The van der Waals surface area contributed by atoms with Gasteiger partial charge in [-0.3, -0.25) is 4.79 Å². The number of nitrogens with zero attached hydrogens (tertiary/aromatic N) is 1. The zero-order valence-corrected chi connectivity index (χ0v) is 16.0. The third kappa shape index (κ3) is 4.16. The fraction of sp³-hybridized carbons (Fsp3) is 0.333. The Labute approximate surface area is 164 Å². The van der Waals surface area contributed by atoms with E-state index >= 15 is 0 Å².